The van der Waals surface area contributed by atoms with Crippen LogP contribution in [-0.2, 0) is 11.3 Å². The Balaban J connectivity index is 1.63. The van der Waals surface area contributed by atoms with E-state index in [1.807, 2.05) is 31.2 Å². The number of hydrogen-bond acceptors (Lipinski definition) is 5. The summed E-state index contributed by atoms with van der Waals surface area (Å²) in [7, 11) is 1.62. The predicted molar refractivity (Wildman–Crippen MR) is 97.2 cm³/mol. The number of fused-ring (bicyclic) bond motifs is 1. The van der Waals surface area contributed by atoms with Crippen LogP contribution in [0.3, 0.4) is 0 Å². The largest absolute Gasteiger partial charge is 0.497 e. The summed E-state index contributed by atoms with van der Waals surface area (Å²) in [5.74, 6) is 1.41. The van der Waals surface area contributed by atoms with Crippen molar-refractivity contribution in [1.82, 2.24) is 14.9 Å². The Labute approximate surface area is 150 Å². The lowest BCUT2D eigenvalue weighted by molar-refractivity contribution is -0.121. The zero-order valence-corrected chi connectivity index (χ0v) is 15.4. The minimum Gasteiger partial charge on any atom is -0.497 e. The third-order valence-corrected chi connectivity index (χ3v) is 5.49. The van der Waals surface area contributed by atoms with Gasteiger partial charge in [0.2, 0.25) is 5.91 Å². The first kappa shape index (κ1) is 17.5. The number of thioether (sulfide) groups is 1. The summed E-state index contributed by atoms with van der Waals surface area (Å²) >= 11 is 1.53. The molecule has 1 N–H and O–H groups in total. The zero-order valence-electron chi connectivity index (χ0n) is 14.5. The first-order valence-electron chi connectivity index (χ1n) is 8.11. The SMILES string of the molecule is COc1ccc(CNC(=O)C[C@H]2CSc3nc(C)c(C)c(=O)n32)cc1. The summed E-state index contributed by atoms with van der Waals surface area (Å²) in [6, 6.07) is 7.42. The number of nitrogens with one attached hydrogen (secondary N) is 1. The molecule has 2 aromatic rings. The fourth-order valence-corrected chi connectivity index (χ4v) is 3.93. The fourth-order valence-electron chi connectivity index (χ4n) is 2.75. The lowest BCUT2D eigenvalue weighted by Crippen LogP contribution is -2.31. The highest BCUT2D eigenvalue weighted by Gasteiger charge is 2.28. The van der Waals surface area contributed by atoms with E-state index in [2.05, 4.69) is 10.3 Å². The number of amides is 1. The molecule has 132 valence electrons. The normalized spacial score (nSPS) is 15.7. The van der Waals surface area contributed by atoms with Crippen LogP contribution in [0.1, 0.15) is 29.3 Å². The Morgan fingerprint density at radius 3 is 2.76 bits per heavy atom. The Bertz CT molecular complexity index is 846. The van der Waals surface area contributed by atoms with Gasteiger partial charge in [-0.3, -0.25) is 14.2 Å². The van der Waals surface area contributed by atoms with E-state index in [9.17, 15) is 9.59 Å². The lowest BCUT2D eigenvalue weighted by atomic mass is 10.2. The predicted octanol–water partition coefficient (Wildman–Crippen LogP) is 2.22. The molecule has 1 amide bonds. The second-order valence-corrected chi connectivity index (χ2v) is 7.06. The number of rotatable bonds is 5. The molecule has 0 saturated heterocycles. The van der Waals surface area contributed by atoms with E-state index < -0.39 is 0 Å². The molecule has 2 heterocycles. The van der Waals surface area contributed by atoms with Crippen LogP contribution < -0.4 is 15.6 Å². The topological polar surface area (TPSA) is 73.2 Å². The molecule has 0 bridgehead atoms. The summed E-state index contributed by atoms with van der Waals surface area (Å²) < 4.78 is 6.78. The minimum atomic E-state index is -0.143. The van der Waals surface area contributed by atoms with E-state index >= 15 is 0 Å². The molecule has 1 aromatic carbocycles. The molecule has 6 nitrogen and oxygen atoms in total. The van der Waals surface area contributed by atoms with Crippen molar-refractivity contribution in [2.24, 2.45) is 0 Å². The monoisotopic (exact) mass is 359 g/mol. The summed E-state index contributed by atoms with van der Waals surface area (Å²) in [6.07, 6.45) is 0.278. The van der Waals surface area contributed by atoms with Gasteiger partial charge in [-0.1, -0.05) is 23.9 Å². The van der Waals surface area contributed by atoms with Gasteiger partial charge in [0.1, 0.15) is 5.75 Å². The van der Waals surface area contributed by atoms with Crippen LogP contribution in [0.15, 0.2) is 34.2 Å². The lowest BCUT2D eigenvalue weighted by Gasteiger charge is -2.14. The van der Waals surface area contributed by atoms with Gasteiger partial charge in [0.15, 0.2) is 5.16 Å². The number of methoxy groups -OCH3 is 1. The molecular weight excluding hydrogens is 338 g/mol. The van der Waals surface area contributed by atoms with Crippen LogP contribution in [0.2, 0.25) is 0 Å². The summed E-state index contributed by atoms with van der Waals surface area (Å²) in [5, 5.41) is 3.62. The summed E-state index contributed by atoms with van der Waals surface area (Å²) in [6.45, 7) is 4.07. The molecule has 0 saturated carbocycles. The highest BCUT2D eigenvalue weighted by atomic mass is 32.2. The molecule has 25 heavy (non-hydrogen) atoms. The van der Waals surface area contributed by atoms with E-state index in [-0.39, 0.29) is 23.9 Å². The number of aromatic nitrogens is 2. The molecule has 1 aromatic heterocycles. The number of carbonyl (C=O) groups excluding carboxylic acids is 1. The van der Waals surface area contributed by atoms with Gasteiger partial charge in [-0.15, -0.1) is 0 Å². The Morgan fingerprint density at radius 1 is 1.36 bits per heavy atom. The van der Waals surface area contributed by atoms with Crippen LogP contribution in [0.5, 0.6) is 5.75 Å². The van der Waals surface area contributed by atoms with Gasteiger partial charge in [0.05, 0.1) is 13.2 Å². The van der Waals surface area contributed by atoms with Gasteiger partial charge < -0.3 is 10.1 Å². The van der Waals surface area contributed by atoms with Gasteiger partial charge in [-0.25, -0.2) is 4.98 Å². The van der Waals surface area contributed by atoms with Crippen molar-refractivity contribution >= 4 is 17.7 Å². The number of benzene rings is 1. The van der Waals surface area contributed by atoms with Crippen LogP contribution in [0, 0.1) is 13.8 Å². The van der Waals surface area contributed by atoms with Crippen molar-refractivity contribution < 1.29 is 9.53 Å². The number of carbonyl (C=O) groups is 1. The molecular formula is C18H21N3O3S. The highest BCUT2D eigenvalue weighted by Crippen LogP contribution is 2.32. The number of ether oxygens (including phenoxy) is 1. The Kier molecular flexibility index (Phi) is 5.13. The van der Waals surface area contributed by atoms with Crippen LogP contribution in [0.4, 0.5) is 0 Å². The van der Waals surface area contributed by atoms with Crippen molar-refractivity contribution in [3.05, 3.63) is 51.4 Å². The maximum atomic E-state index is 12.5. The summed E-state index contributed by atoms with van der Waals surface area (Å²) in [5.41, 5.74) is 2.37. The smallest absolute Gasteiger partial charge is 0.257 e. The Hall–Kier alpha value is -2.28. The van der Waals surface area contributed by atoms with E-state index in [4.69, 9.17) is 4.74 Å². The van der Waals surface area contributed by atoms with Crippen LogP contribution in [0.25, 0.3) is 0 Å². The molecule has 1 atom stereocenters. The molecule has 0 aliphatic carbocycles. The van der Waals surface area contributed by atoms with Crippen molar-refractivity contribution in [2.75, 3.05) is 12.9 Å². The Morgan fingerprint density at radius 2 is 2.08 bits per heavy atom. The zero-order chi connectivity index (χ0) is 18.0. The van der Waals surface area contributed by atoms with Gasteiger partial charge in [-0.2, -0.15) is 0 Å². The fraction of sp³-hybridized carbons (Fsp3) is 0.389. The number of hydrogen-bond donors (Lipinski definition) is 1. The average molecular weight is 359 g/mol. The van der Waals surface area contributed by atoms with Crippen molar-refractivity contribution in [1.29, 1.82) is 0 Å². The van der Waals surface area contributed by atoms with Crippen molar-refractivity contribution in [2.45, 2.75) is 38.0 Å². The van der Waals surface area contributed by atoms with E-state index in [1.54, 1.807) is 18.6 Å². The molecule has 0 fully saturated rings. The van der Waals surface area contributed by atoms with E-state index in [0.29, 0.717) is 23.0 Å². The third-order valence-electron chi connectivity index (χ3n) is 4.39. The van der Waals surface area contributed by atoms with Gasteiger partial charge >= 0.3 is 0 Å². The molecule has 7 heteroatoms. The van der Waals surface area contributed by atoms with Crippen LogP contribution in [-0.4, -0.2) is 28.3 Å². The second-order valence-electron chi connectivity index (χ2n) is 6.07. The molecule has 0 radical (unpaired) electrons. The van der Waals surface area contributed by atoms with Gasteiger partial charge in [-0.05, 0) is 31.5 Å². The van der Waals surface area contributed by atoms with E-state index in [1.165, 1.54) is 11.8 Å². The maximum absolute atomic E-state index is 12.5. The highest BCUT2D eigenvalue weighted by molar-refractivity contribution is 7.99. The molecule has 1 aliphatic rings. The van der Waals surface area contributed by atoms with Crippen molar-refractivity contribution in [3.8, 4) is 5.75 Å². The van der Waals surface area contributed by atoms with Gasteiger partial charge in [0, 0.05) is 30.0 Å². The van der Waals surface area contributed by atoms with Crippen LogP contribution >= 0.6 is 11.8 Å². The molecule has 3 rings (SSSR count). The summed E-state index contributed by atoms with van der Waals surface area (Å²) in [4.78, 5) is 29.2. The third kappa shape index (κ3) is 3.71. The maximum Gasteiger partial charge on any atom is 0.257 e. The minimum absolute atomic E-state index is 0.0412. The number of aryl methyl sites for hydroxylation is 1. The standard InChI is InChI=1S/C18H21N3O3S/c1-11-12(2)20-18-21(17(11)23)14(10-25-18)8-16(22)19-9-13-4-6-15(24-3)7-5-13/h4-7,14H,8-10H2,1-3H3,(H,19,22)/t14-/m0/s1. The second kappa shape index (κ2) is 7.31. The first-order chi connectivity index (χ1) is 12.0. The average Bonchev–Trinajstić information content (AvgIpc) is 3.00. The van der Waals surface area contributed by atoms with Crippen molar-refractivity contribution in [3.63, 3.8) is 0 Å². The molecule has 1 aliphatic heterocycles. The number of nitrogens with zero attached hydrogens (tertiary/aromatic N) is 2. The quantitative estimate of drug-likeness (QED) is 0.829. The van der Waals surface area contributed by atoms with E-state index in [0.717, 1.165) is 17.0 Å². The van der Waals surface area contributed by atoms with Gasteiger partial charge in [0.25, 0.3) is 5.56 Å². The molecule has 0 unspecified atom stereocenters. The first-order valence-corrected chi connectivity index (χ1v) is 9.10. The molecule has 0 spiro atoms.